The number of piperazine rings is 2. The van der Waals surface area contributed by atoms with E-state index in [1.165, 1.54) is 6.07 Å². The van der Waals surface area contributed by atoms with Gasteiger partial charge in [-0.2, -0.15) is 5.10 Å². The molecule has 12 nitrogen and oxygen atoms in total. The molecule has 5 heterocycles. The lowest BCUT2D eigenvalue weighted by Gasteiger charge is -2.50. The molecule has 3 atom stereocenters. The second kappa shape index (κ2) is 14.9. The fourth-order valence-corrected chi connectivity index (χ4v) is 8.42. The molecule has 4 saturated heterocycles. The first-order valence-electron chi connectivity index (χ1n) is 18.7. The van der Waals surface area contributed by atoms with E-state index in [1.54, 1.807) is 29.2 Å². The summed E-state index contributed by atoms with van der Waals surface area (Å²) in [5, 5.41) is 7.99. The van der Waals surface area contributed by atoms with Gasteiger partial charge in [0.15, 0.2) is 0 Å². The monoisotopic (exact) mass is 715 g/mol. The molecule has 4 aliphatic heterocycles. The van der Waals surface area contributed by atoms with Crippen molar-refractivity contribution in [2.45, 2.75) is 58.1 Å². The normalized spacial score (nSPS) is 22.9. The lowest BCUT2D eigenvalue weighted by Crippen LogP contribution is -2.58. The fraction of sp³-hybridized carbons (Fsp3) is 0.564. The number of aromatic amines is 1. The van der Waals surface area contributed by atoms with Crippen LogP contribution in [0.2, 0.25) is 0 Å². The highest BCUT2D eigenvalue weighted by molar-refractivity contribution is 5.95. The van der Waals surface area contributed by atoms with Crippen molar-refractivity contribution in [2.24, 2.45) is 11.8 Å². The van der Waals surface area contributed by atoms with Crippen LogP contribution in [-0.4, -0.2) is 136 Å². The largest absolute Gasteiger partial charge is 0.444 e. The van der Waals surface area contributed by atoms with Gasteiger partial charge in [-0.3, -0.25) is 19.3 Å². The first-order valence-corrected chi connectivity index (χ1v) is 18.7. The van der Waals surface area contributed by atoms with Crippen molar-refractivity contribution in [3.05, 3.63) is 75.5 Å². The lowest BCUT2D eigenvalue weighted by molar-refractivity contribution is -0.134. The van der Waals surface area contributed by atoms with Gasteiger partial charge in [0.2, 0.25) is 5.91 Å². The van der Waals surface area contributed by atoms with Crippen LogP contribution < -0.4 is 5.56 Å². The van der Waals surface area contributed by atoms with Gasteiger partial charge in [-0.05, 0) is 75.6 Å². The zero-order valence-corrected chi connectivity index (χ0v) is 30.5. The molecule has 278 valence electrons. The Bertz CT molecular complexity index is 1860. The van der Waals surface area contributed by atoms with Crippen molar-refractivity contribution in [3.63, 3.8) is 0 Å². The summed E-state index contributed by atoms with van der Waals surface area (Å²) in [6.07, 6.45) is 3.39. The number of carbonyl (C=O) groups excluding carboxylic acids is 3. The molecule has 5 fully saturated rings. The Balaban J connectivity index is 0.859. The SMILES string of the molecule is CC(C)(C)OC(=O)N1C[C@@H]2CCC1C[C@@H]2CN1CCN(CC(=O)N2CCN(C(=O)c3cc(Cc4n[nH]c(=O)c5ccccc45)ccc3F)CC2)CC1. The summed E-state index contributed by atoms with van der Waals surface area (Å²) in [6, 6.07) is 11.9. The number of ether oxygens (including phenoxy) is 1. The van der Waals surface area contributed by atoms with Crippen molar-refractivity contribution in [3.8, 4) is 0 Å². The predicted octanol–water partition coefficient (Wildman–Crippen LogP) is 3.59. The van der Waals surface area contributed by atoms with E-state index >= 15 is 0 Å². The third kappa shape index (κ3) is 8.00. The van der Waals surface area contributed by atoms with E-state index < -0.39 is 17.3 Å². The molecule has 52 heavy (non-hydrogen) atoms. The Kier molecular flexibility index (Phi) is 10.3. The summed E-state index contributed by atoms with van der Waals surface area (Å²) < 4.78 is 20.6. The molecule has 8 rings (SSSR count). The molecule has 0 radical (unpaired) electrons. The summed E-state index contributed by atoms with van der Waals surface area (Å²) >= 11 is 0. The first-order chi connectivity index (χ1) is 24.9. The summed E-state index contributed by atoms with van der Waals surface area (Å²) in [4.78, 5) is 61.9. The number of hydrogen-bond donors (Lipinski definition) is 1. The van der Waals surface area contributed by atoms with Crippen LogP contribution in [0.15, 0.2) is 47.3 Å². The van der Waals surface area contributed by atoms with Crippen LogP contribution in [0, 0.1) is 17.7 Å². The molecular weight excluding hydrogens is 665 g/mol. The van der Waals surface area contributed by atoms with E-state index in [9.17, 15) is 23.6 Å². The van der Waals surface area contributed by atoms with Gasteiger partial charge in [0.1, 0.15) is 11.4 Å². The van der Waals surface area contributed by atoms with Crippen molar-refractivity contribution < 1.29 is 23.5 Å². The van der Waals surface area contributed by atoms with Crippen molar-refractivity contribution in [1.82, 2.24) is 34.7 Å². The minimum absolute atomic E-state index is 0.00898. The molecule has 1 aliphatic carbocycles. The maximum Gasteiger partial charge on any atom is 0.410 e. The number of amides is 3. The minimum atomic E-state index is -0.593. The lowest BCUT2D eigenvalue weighted by atomic mass is 9.72. The Hall–Kier alpha value is -4.36. The zero-order valence-electron chi connectivity index (χ0n) is 30.5. The van der Waals surface area contributed by atoms with Crippen LogP contribution in [0.5, 0.6) is 0 Å². The molecule has 1 N–H and O–H groups in total. The number of aromatic nitrogens is 2. The molecular formula is C39H50FN7O5. The summed E-state index contributed by atoms with van der Waals surface area (Å²) in [7, 11) is 0. The van der Waals surface area contributed by atoms with Crippen LogP contribution in [-0.2, 0) is 16.0 Å². The second-order valence-electron chi connectivity index (χ2n) is 15.9. The topological polar surface area (TPSA) is 122 Å². The maximum absolute atomic E-state index is 15.0. The fourth-order valence-electron chi connectivity index (χ4n) is 8.42. The average molecular weight is 716 g/mol. The van der Waals surface area contributed by atoms with Crippen molar-refractivity contribution >= 4 is 28.7 Å². The summed E-state index contributed by atoms with van der Waals surface area (Å²) in [6.45, 7) is 12.9. The highest BCUT2D eigenvalue weighted by atomic mass is 19.1. The number of nitrogens with one attached hydrogen (secondary N) is 1. The zero-order chi connectivity index (χ0) is 36.6. The van der Waals surface area contributed by atoms with E-state index in [1.807, 2.05) is 42.7 Å². The Morgan fingerprint density at radius 2 is 1.60 bits per heavy atom. The molecule has 1 aromatic heterocycles. The average Bonchev–Trinajstić information content (AvgIpc) is 3.14. The van der Waals surface area contributed by atoms with Gasteiger partial charge >= 0.3 is 6.09 Å². The van der Waals surface area contributed by atoms with Crippen LogP contribution in [0.1, 0.15) is 61.6 Å². The summed E-state index contributed by atoms with van der Waals surface area (Å²) in [5.74, 6) is 0.147. The molecule has 3 aromatic rings. The molecule has 2 aromatic carbocycles. The number of carbonyl (C=O) groups is 3. The number of halogens is 1. The van der Waals surface area contributed by atoms with Gasteiger partial charge in [-0.1, -0.05) is 24.3 Å². The molecule has 1 saturated carbocycles. The van der Waals surface area contributed by atoms with Crippen molar-refractivity contribution in [1.29, 1.82) is 0 Å². The standard InChI is InChI=1S/C39H50FN7O5/c1-39(2,3)52-38(51)47-24-27-9-10-29(47)22-28(27)23-43-12-14-44(15-13-43)25-35(48)45-16-18-46(19-17-45)37(50)32-20-26(8-11-33(32)40)21-34-30-6-4-5-7-31(30)36(49)42-41-34/h4-8,11,20,27-29H,9-10,12-19,21-25H2,1-3H3,(H,42,49)/t27-,28+,29?/m0/s1. The number of H-pyrrole nitrogens is 1. The molecule has 3 amide bonds. The highest BCUT2D eigenvalue weighted by Crippen LogP contribution is 2.40. The molecule has 5 aliphatic rings. The molecule has 13 heteroatoms. The minimum Gasteiger partial charge on any atom is -0.444 e. The van der Waals surface area contributed by atoms with Crippen LogP contribution >= 0.6 is 0 Å². The molecule has 2 bridgehead atoms. The first kappa shape index (κ1) is 36.0. The highest BCUT2D eigenvalue weighted by Gasteiger charge is 2.44. The smallest absolute Gasteiger partial charge is 0.410 e. The van der Waals surface area contributed by atoms with Gasteiger partial charge in [-0.25, -0.2) is 14.3 Å². The van der Waals surface area contributed by atoms with Crippen LogP contribution in [0.4, 0.5) is 9.18 Å². The van der Waals surface area contributed by atoms with E-state index in [0.717, 1.165) is 58.5 Å². The van der Waals surface area contributed by atoms with E-state index in [2.05, 4.69) is 20.0 Å². The van der Waals surface area contributed by atoms with Gasteiger partial charge < -0.3 is 24.3 Å². The molecule has 1 unspecified atom stereocenters. The third-order valence-electron chi connectivity index (χ3n) is 11.3. The second-order valence-corrected chi connectivity index (χ2v) is 15.9. The van der Waals surface area contributed by atoms with Crippen LogP contribution in [0.25, 0.3) is 10.8 Å². The van der Waals surface area contributed by atoms with Gasteiger partial charge in [-0.15, -0.1) is 0 Å². The number of benzene rings is 2. The number of rotatable bonds is 7. The Labute approximate surface area is 303 Å². The predicted molar refractivity (Wildman–Crippen MR) is 194 cm³/mol. The Morgan fingerprint density at radius 3 is 2.29 bits per heavy atom. The molecule has 0 spiro atoms. The van der Waals surface area contributed by atoms with Gasteiger partial charge in [0, 0.05) is 83.3 Å². The van der Waals surface area contributed by atoms with Gasteiger partial charge in [0.25, 0.3) is 11.5 Å². The van der Waals surface area contributed by atoms with Crippen LogP contribution in [0.3, 0.4) is 0 Å². The van der Waals surface area contributed by atoms with E-state index in [0.29, 0.717) is 73.0 Å². The summed E-state index contributed by atoms with van der Waals surface area (Å²) in [5.41, 5.74) is 0.574. The number of piperidine rings is 2. The quantitative estimate of drug-likeness (QED) is 0.394. The van der Waals surface area contributed by atoms with Gasteiger partial charge in [0.05, 0.1) is 23.2 Å². The number of nitrogens with zero attached hydrogens (tertiary/aromatic N) is 6. The third-order valence-corrected chi connectivity index (χ3v) is 11.3. The Morgan fingerprint density at radius 1 is 0.904 bits per heavy atom. The number of hydrogen-bond acceptors (Lipinski definition) is 8. The number of fused-ring (bicyclic) bond motifs is 4. The van der Waals surface area contributed by atoms with Crippen molar-refractivity contribution in [2.75, 3.05) is 72.0 Å². The van der Waals surface area contributed by atoms with E-state index in [-0.39, 0.29) is 29.2 Å². The van der Waals surface area contributed by atoms with E-state index in [4.69, 9.17) is 4.74 Å². The maximum atomic E-state index is 15.0.